The highest BCUT2D eigenvalue weighted by atomic mass is 127. The Labute approximate surface area is 192 Å². The van der Waals surface area contributed by atoms with Gasteiger partial charge in [-0.05, 0) is 38.4 Å². The van der Waals surface area contributed by atoms with E-state index < -0.39 is 0 Å². The van der Waals surface area contributed by atoms with E-state index >= 15 is 0 Å². The third-order valence-electron chi connectivity index (χ3n) is 5.67. The molecular weight excluding hydrogens is 481 g/mol. The van der Waals surface area contributed by atoms with Crippen molar-refractivity contribution >= 4 is 35.6 Å². The molecule has 0 aliphatic carbocycles. The van der Waals surface area contributed by atoms with E-state index in [1.165, 1.54) is 12.8 Å². The standard InChI is InChI=1S/C21H35N5O2.HI/c1-3-22-21(23-17-18-7-6-10-24(18)15-16-28-2)26-13-11-25(12-14-26)19-8-4-5-9-20(19)27;/h4-5,8-9,18,27H,3,6-7,10-17H2,1-2H3,(H,22,23);1H. The van der Waals surface area contributed by atoms with Crippen molar-refractivity contribution in [1.29, 1.82) is 0 Å². The number of aliphatic imine (C=N–C) groups is 1. The van der Waals surface area contributed by atoms with Gasteiger partial charge in [0, 0.05) is 52.4 Å². The minimum Gasteiger partial charge on any atom is -0.506 e. The number of hydrogen-bond donors (Lipinski definition) is 2. The van der Waals surface area contributed by atoms with Gasteiger partial charge in [-0.25, -0.2) is 0 Å². The molecule has 0 saturated carbocycles. The molecule has 1 aromatic carbocycles. The highest BCUT2D eigenvalue weighted by molar-refractivity contribution is 14.0. The molecule has 3 rings (SSSR count). The molecule has 164 valence electrons. The van der Waals surface area contributed by atoms with Crippen molar-refractivity contribution in [2.75, 3.05) is 71.0 Å². The number of nitrogens with one attached hydrogen (secondary N) is 1. The zero-order chi connectivity index (χ0) is 19.8. The maximum absolute atomic E-state index is 10.1. The van der Waals surface area contributed by atoms with Gasteiger partial charge < -0.3 is 25.0 Å². The lowest BCUT2D eigenvalue weighted by Crippen LogP contribution is -2.53. The molecule has 7 nitrogen and oxygen atoms in total. The molecule has 0 spiro atoms. The fraction of sp³-hybridized carbons (Fsp3) is 0.667. The van der Waals surface area contributed by atoms with Crippen molar-refractivity contribution in [2.24, 2.45) is 4.99 Å². The molecule has 2 aliphatic rings. The Balaban J connectivity index is 0.00000300. The van der Waals surface area contributed by atoms with Crippen molar-refractivity contribution in [3.8, 4) is 5.75 Å². The minimum absolute atomic E-state index is 0. The second-order valence-electron chi connectivity index (χ2n) is 7.48. The molecule has 2 saturated heterocycles. The van der Waals surface area contributed by atoms with Crippen LogP contribution in [0.1, 0.15) is 19.8 Å². The Bertz CT molecular complexity index is 637. The van der Waals surface area contributed by atoms with Crippen LogP contribution < -0.4 is 10.2 Å². The monoisotopic (exact) mass is 517 g/mol. The van der Waals surface area contributed by atoms with Gasteiger partial charge in [-0.15, -0.1) is 24.0 Å². The summed E-state index contributed by atoms with van der Waals surface area (Å²) in [6, 6.07) is 8.10. The Kier molecular flexibility index (Phi) is 10.3. The Hall–Kier alpha value is -1.26. The first-order valence-corrected chi connectivity index (χ1v) is 10.5. The number of guanidine groups is 1. The fourth-order valence-corrected chi connectivity index (χ4v) is 4.11. The average Bonchev–Trinajstić information content (AvgIpc) is 3.17. The first-order chi connectivity index (χ1) is 13.7. The van der Waals surface area contributed by atoms with E-state index in [9.17, 15) is 5.11 Å². The average molecular weight is 517 g/mol. The third kappa shape index (κ3) is 6.62. The lowest BCUT2D eigenvalue weighted by molar-refractivity contribution is 0.142. The number of benzene rings is 1. The zero-order valence-electron chi connectivity index (χ0n) is 17.7. The van der Waals surface area contributed by atoms with Crippen LogP contribution in [0.15, 0.2) is 29.3 Å². The number of halogens is 1. The van der Waals surface area contributed by atoms with Crippen LogP contribution in [0, 0.1) is 0 Å². The van der Waals surface area contributed by atoms with Crippen LogP contribution >= 0.6 is 24.0 Å². The number of anilines is 1. The number of phenols is 1. The molecule has 2 fully saturated rings. The number of para-hydroxylation sites is 2. The van der Waals surface area contributed by atoms with Crippen LogP contribution in [0.4, 0.5) is 5.69 Å². The van der Waals surface area contributed by atoms with Crippen molar-refractivity contribution in [3.63, 3.8) is 0 Å². The van der Waals surface area contributed by atoms with Gasteiger partial charge in [0.2, 0.25) is 0 Å². The lowest BCUT2D eigenvalue weighted by atomic mass is 10.2. The second-order valence-corrected chi connectivity index (χ2v) is 7.48. The summed E-state index contributed by atoms with van der Waals surface area (Å²) >= 11 is 0. The number of hydrogen-bond acceptors (Lipinski definition) is 5. The lowest BCUT2D eigenvalue weighted by Gasteiger charge is -2.38. The summed E-state index contributed by atoms with van der Waals surface area (Å²) in [4.78, 5) is 12.1. The summed E-state index contributed by atoms with van der Waals surface area (Å²) < 4.78 is 5.25. The molecule has 8 heteroatoms. The SMILES string of the molecule is CCNC(=NCC1CCCN1CCOC)N1CCN(c2ccccc2O)CC1.I. The van der Waals surface area contributed by atoms with E-state index in [1.54, 1.807) is 13.2 Å². The number of phenolic OH excluding ortho intramolecular Hbond substituents is 1. The van der Waals surface area contributed by atoms with Gasteiger partial charge in [0.05, 0.1) is 18.8 Å². The van der Waals surface area contributed by atoms with Crippen LogP contribution in [-0.4, -0.2) is 93.0 Å². The molecule has 29 heavy (non-hydrogen) atoms. The highest BCUT2D eigenvalue weighted by Gasteiger charge is 2.25. The molecule has 2 aliphatic heterocycles. The summed E-state index contributed by atoms with van der Waals surface area (Å²) in [5, 5.41) is 13.6. The molecular formula is C21H36IN5O2. The first-order valence-electron chi connectivity index (χ1n) is 10.5. The number of likely N-dealkylation sites (tertiary alicyclic amines) is 1. The molecule has 2 N–H and O–H groups in total. The summed E-state index contributed by atoms with van der Waals surface area (Å²) in [5.41, 5.74) is 0.920. The Morgan fingerprint density at radius 2 is 1.97 bits per heavy atom. The van der Waals surface area contributed by atoms with Crippen molar-refractivity contribution in [1.82, 2.24) is 15.1 Å². The summed E-state index contributed by atoms with van der Waals surface area (Å²) in [6.45, 7) is 10.3. The van der Waals surface area contributed by atoms with E-state index in [1.807, 2.05) is 18.2 Å². The smallest absolute Gasteiger partial charge is 0.194 e. The number of ether oxygens (including phenoxy) is 1. The van der Waals surface area contributed by atoms with Crippen LogP contribution in [0.25, 0.3) is 0 Å². The summed E-state index contributed by atoms with van der Waals surface area (Å²) in [5.74, 6) is 1.37. The molecule has 2 heterocycles. The Morgan fingerprint density at radius 3 is 2.66 bits per heavy atom. The molecule has 0 bridgehead atoms. The van der Waals surface area contributed by atoms with Gasteiger partial charge in [0.1, 0.15) is 5.75 Å². The van der Waals surface area contributed by atoms with Gasteiger partial charge in [-0.2, -0.15) is 0 Å². The third-order valence-corrected chi connectivity index (χ3v) is 5.67. The van der Waals surface area contributed by atoms with Crippen molar-refractivity contribution in [2.45, 2.75) is 25.8 Å². The van der Waals surface area contributed by atoms with Crippen LogP contribution in [0.2, 0.25) is 0 Å². The molecule has 0 radical (unpaired) electrons. The maximum atomic E-state index is 10.1. The van der Waals surface area contributed by atoms with Gasteiger partial charge in [-0.3, -0.25) is 9.89 Å². The fourth-order valence-electron chi connectivity index (χ4n) is 4.11. The van der Waals surface area contributed by atoms with E-state index in [2.05, 4.69) is 26.9 Å². The molecule has 1 aromatic rings. The Morgan fingerprint density at radius 1 is 1.21 bits per heavy atom. The molecule has 1 atom stereocenters. The number of nitrogens with zero attached hydrogens (tertiary/aromatic N) is 4. The van der Waals surface area contributed by atoms with Gasteiger partial charge in [0.25, 0.3) is 0 Å². The number of methoxy groups -OCH3 is 1. The van der Waals surface area contributed by atoms with Crippen molar-refractivity contribution < 1.29 is 9.84 Å². The highest BCUT2D eigenvalue weighted by Crippen LogP contribution is 2.27. The molecule has 0 amide bonds. The largest absolute Gasteiger partial charge is 0.506 e. The number of aromatic hydroxyl groups is 1. The molecule has 0 aromatic heterocycles. The molecule has 1 unspecified atom stereocenters. The van der Waals surface area contributed by atoms with Gasteiger partial charge in [-0.1, -0.05) is 12.1 Å². The van der Waals surface area contributed by atoms with Gasteiger partial charge in [0.15, 0.2) is 5.96 Å². The predicted octanol–water partition coefficient (Wildman–Crippen LogP) is 2.21. The quantitative estimate of drug-likeness (QED) is 0.329. The topological polar surface area (TPSA) is 63.6 Å². The van der Waals surface area contributed by atoms with E-state index in [0.29, 0.717) is 11.8 Å². The number of piperazine rings is 1. The van der Waals surface area contributed by atoms with E-state index in [0.717, 1.165) is 70.6 Å². The van der Waals surface area contributed by atoms with Gasteiger partial charge >= 0.3 is 0 Å². The predicted molar refractivity (Wildman–Crippen MR) is 130 cm³/mol. The summed E-state index contributed by atoms with van der Waals surface area (Å²) in [6.07, 6.45) is 2.47. The maximum Gasteiger partial charge on any atom is 0.194 e. The second kappa shape index (κ2) is 12.4. The van der Waals surface area contributed by atoms with Crippen LogP contribution in [0.5, 0.6) is 5.75 Å². The van der Waals surface area contributed by atoms with E-state index in [-0.39, 0.29) is 24.0 Å². The zero-order valence-corrected chi connectivity index (χ0v) is 20.0. The van der Waals surface area contributed by atoms with Crippen molar-refractivity contribution in [3.05, 3.63) is 24.3 Å². The first kappa shape index (κ1) is 24.0. The van der Waals surface area contributed by atoms with Crippen LogP contribution in [0.3, 0.4) is 0 Å². The van der Waals surface area contributed by atoms with E-state index in [4.69, 9.17) is 9.73 Å². The summed E-state index contributed by atoms with van der Waals surface area (Å²) in [7, 11) is 1.77. The minimum atomic E-state index is 0. The number of rotatable bonds is 7. The van der Waals surface area contributed by atoms with Crippen LogP contribution in [-0.2, 0) is 4.74 Å². The normalized spacial score (nSPS) is 20.6.